The number of rotatable bonds is 1. The standard InChI is InChI=1S/ClNO3.ClH/c1-5-2(3)4;/h;1H. The second kappa shape index (κ2) is 4.78. The molecular weight excluding hydrogens is 133 g/mol. The smallest absolute Gasteiger partial charge is 0.199 e. The van der Waals surface area contributed by atoms with Crippen LogP contribution in [-0.4, -0.2) is 5.09 Å². The molecule has 38 valence electrons. The number of nitrogens with zero attached hydrogens (tertiary/aromatic N) is 1. The summed E-state index contributed by atoms with van der Waals surface area (Å²) in [5.74, 6) is 0. The maximum absolute atomic E-state index is 8.82. The maximum atomic E-state index is 8.82. The third kappa shape index (κ3) is 9.22. The summed E-state index contributed by atoms with van der Waals surface area (Å²) in [5.41, 5.74) is 0. The van der Waals surface area contributed by atoms with Crippen LogP contribution in [-0.2, 0) is 4.39 Å². The quantitative estimate of drug-likeness (QED) is 0.393. The van der Waals surface area contributed by atoms with Gasteiger partial charge in [0.05, 0.1) is 0 Å². The predicted octanol–water partition coefficient (Wildman–Crippen LogP) is 0.770. The molecule has 0 aromatic heterocycles. The van der Waals surface area contributed by atoms with Gasteiger partial charge in [-0.3, -0.25) is 0 Å². The van der Waals surface area contributed by atoms with Crippen LogP contribution >= 0.6 is 24.3 Å². The van der Waals surface area contributed by atoms with Crippen molar-refractivity contribution in [3.05, 3.63) is 10.1 Å². The summed E-state index contributed by atoms with van der Waals surface area (Å²) in [6.45, 7) is 0. The molecule has 0 saturated carbocycles. The summed E-state index contributed by atoms with van der Waals surface area (Å²) in [5, 5.41) is 7.71. The highest BCUT2D eigenvalue weighted by molar-refractivity contribution is 6.06. The van der Waals surface area contributed by atoms with E-state index in [4.69, 9.17) is 10.1 Å². The predicted molar refractivity (Wildman–Crippen MR) is 21.2 cm³/mol. The van der Waals surface area contributed by atoms with E-state index >= 15 is 0 Å². The second-order valence-corrected chi connectivity index (χ2v) is 0.431. The van der Waals surface area contributed by atoms with Crippen molar-refractivity contribution < 1.29 is 9.48 Å². The molecule has 0 radical (unpaired) electrons. The van der Waals surface area contributed by atoms with E-state index in [0.29, 0.717) is 0 Å². The van der Waals surface area contributed by atoms with Gasteiger partial charge in [0, 0.05) is 0 Å². The van der Waals surface area contributed by atoms with E-state index in [1.54, 1.807) is 0 Å². The Morgan fingerprint density at radius 2 is 2.00 bits per heavy atom. The molecule has 0 aliphatic heterocycles. The summed E-state index contributed by atoms with van der Waals surface area (Å²) in [6.07, 6.45) is 0. The van der Waals surface area contributed by atoms with Crippen LogP contribution in [0.4, 0.5) is 0 Å². The van der Waals surface area contributed by atoms with Crippen molar-refractivity contribution in [2.45, 2.75) is 0 Å². The molecule has 0 aromatic rings. The van der Waals surface area contributed by atoms with Crippen molar-refractivity contribution in [2.24, 2.45) is 0 Å². The highest BCUT2D eigenvalue weighted by Crippen LogP contribution is 1.73. The summed E-state index contributed by atoms with van der Waals surface area (Å²) in [4.78, 5) is 8.82. The Labute approximate surface area is 44.7 Å². The van der Waals surface area contributed by atoms with Gasteiger partial charge in [0.2, 0.25) is 0 Å². The van der Waals surface area contributed by atoms with E-state index in [9.17, 15) is 0 Å². The highest BCUT2D eigenvalue weighted by Gasteiger charge is 1.80. The Balaban J connectivity index is 0. The van der Waals surface area contributed by atoms with Crippen LogP contribution in [0.3, 0.4) is 0 Å². The lowest BCUT2D eigenvalue weighted by Gasteiger charge is -1.69. The fraction of sp³-hybridized carbons (Fsp3) is 0. The van der Waals surface area contributed by atoms with Crippen molar-refractivity contribution in [3.8, 4) is 0 Å². The number of hydrogen-bond acceptors (Lipinski definition) is 3. The first-order chi connectivity index (χ1) is 2.27. The fourth-order valence-corrected chi connectivity index (χ4v) is 0. The molecule has 0 heterocycles. The van der Waals surface area contributed by atoms with Crippen LogP contribution in [0, 0.1) is 10.1 Å². The molecule has 0 N–H and O–H groups in total. The third-order valence-electron chi connectivity index (χ3n) is 0.0563. The molecule has 0 spiro atoms. The zero-order chi connectivity index (χ0) is 4.28. The molecule has 0 unspecified atom stereocenters. The monoisotopic (exact) mass is 133 g/mol. The summed E-state index contributed by atoms with van der Waals surface area (Å²) in [7, 11) is 0. The van der Waals surface area contributed by atoms with E-state index in [1.807, 2.05) is 0 Å². The van der Waals surface area contributed by atoms with Crippen LogP contribution in [0.5, 0.6) is 0 Å². The van der Waals surface area contributed by atoms with Gasteiger partial charge in [-0.2, -0.15) is 4.39 Å². The Kier molecular flexibility index (Phi) is 7.36. The minimum absolute atomic E-state index is 0. The van der Waals surface area contributed by atoms with Crippen LogP contribution in [0.25, 0.3) is 0 Å². The van der Waals surface area contributed by atoms with Crippen LogP contribution in [0.1, 0.15) is 0 Å². The molecular formula is HCl2NO3. The molecule has 0 amide bonds. The average molecular weight is 134 g/mol. The lowest BCUT2D eigenvalue weighted by molar-refractivity contribution is -0.714. The number of halogens is 2. The molecule has 6 heavy (non-hydrogen) atoms. The van der Waals surface area contributed by atoms with Gasteiger partial charge in [-0.1, -0.05) is 0 Å². The maximum Gasteiger partial charge on any atom is 0.311 e. The van der Waals surface area contributed by atoms with Crippen LogP contribution in [0.15, 0.2) is 0 Å². The third-order valence-corrected chi connectivity index (χ3v) is 0.169. The largest absolute Gasteiger partial charge is 0.311 e. The van der Waals surface area contributed by atoms with Gasteiger partial charge in [-0.05, 0) is 0 Å². The van der Waals surface area contributed by atoms with E-state index in [1.165, 1.54) is 0 Å². The summed E-state index contributed by atoms with van der Waals surface area (Å²) in [6, 6.07) is 0. The first-order valence-corrected chi connectivity index (χ1v) is 1.01. The van der Waals surface area contributed by atoms with Crippen LogP contribution < -0.4 is 0 Å². The Morgan fingerprint density at radius 3 is 2.00 bits per heavy atom. The molecule has 0 rings (SSSR count). The van der Waals surface area contributed by atoms with E-state index in [-0.39, 0.29) is 12.4 Å². The van der Waals surface area contributed by atoms with Crippen molar-refractivity contribution in [1.82, 2.24) is 0 Å². The molecule has 0 bridgehead atoms. The van der Waals surface area contributed by atoms with Gasteiger partial charge in [0.25, 0.3) is 0 Å². The van der Waals surface area contributed by atoms with Crippen molar-refractivity contribution in [3.63, 3.8) is 0 Å². The minimum atomic E-state index is -1.11. The zero-order valence-corrected chi connectivity index (χ0v) is 4.03. The molecule has 4 nitrogen and oxygen atoms in total. The molecule has 0 aliphatic rings. The number of hydrogen-bond donors (Lipinski definition) is 0. The van der Waals surface area contributed by atoms with Gasteiger partial charge >= 0.3 is 5.09 Å². The lowest BCUT2D eigenvalue weighted by atomic mass is 13.1. The van der Waals surface area contributed by atoms with Gasteiger partial charge < -0.3 is 0 Å². The van der Waals surface area contributed by atoms with E-state index in [0.717, 1.165) is 0 Å². The fourth-order valence-electron chi connectivity index (χ4n) is 0. The summed E-state index contributed by atoms with van der Waals surface area (Å²) >= 11 is 4.14. The molecule has 6 heteroatoms. The first-order valence-electron chi connectivity index (χ1n) is 0.702. The first kappa shape index (κ1) is 9.24. The van der Waals surface area contributed by atoms with E-state index in [2.05, 4.69) is 16.3 Å². The van der Waals surface area contributed by atoms with E-state index < -0.39 is 5.09 Å². The second-order valence-electron chi connectivity index (χ2n) is 0.293. The van der Waals surface area contributed by atoms with Crippen LogP contribution in [0.2, 0.25) is 0 Å². The minimum Gasteiger partial charge on any atom is -0.199 e. The normalized spacial score (nSPS) is 5.50. The van der Waals surface area contributed by atoms with Crippen molar-refractivity contribution >= 4 is 24.3 Å². The Bertz CT molecular complexity index is 44.1. The molecule has 0 fully saturated rings. The SMILES string of the molecule is Cl.O=[N+]([O-])OCl. The van der Waals surface area contributed by atoms with Crippen molar-refractivity contribution in [1.29, 1.82) is 0 Å². The molecule has 0 aliphatic carbocycles. The van der Waals surface area contributed by atoms with Gasteiger partial charge in [-0.15, -0.1) is 22.5 Å². The van der Waals surface area contributed by atoms with Crippen molar-refractivity contribution in [2.75, 3.05) is 0 Å². The van der Waals surface area contributed by atoms with Gasteiger partial charge in [0.1, 0.15) is 11.9 Å². The average Bonchev–Trinajstić information content (AvgIpc) is 1.38. The molecule has 0 saturated heterocycles. The molecule has 0 aromatic carbocycles. The topological polar surface area (TPSA) is 52.4 Å². The lowest BCUT2D eigenvalue weighted by Crippen LogP contribution is -1.85. The zero-order valence-electron chi connectivity index (χ0n) is 2.46. The Morgan fingerprint density at radius 1 is 1.83 bits per heavy atom. The Hall–Kier alpha value is -0.220. The summed E-state index contributed by atoms with van der Waals surface area (Å²) < 4.78 is 2.94. The van der Waals surface area contributed by atoms with Gasteiger partial charge in [-0.25, -0.2) is 0 Å². The molecule has 0 atom stereocenters. The van der Waals surface area contributed by atoms with Gasteiger partial charge in [0.15, 0.2) is 0 Å². The highest BCUT2D eigenvalue weighted by atomic mass is 35.5.